The van der Waals surface area contributed by atoms with Crippen molar-refractivity contribution in [2.45, 2.75) is 19.8 Å². The van der Waals surface area contributed by atoms with Crippen LogP contribution < -0.4 is 10.6 Å². The Labute approximate surface area is 202 Å². The molecule has 7 nitrogen and oxygen atoms in total. The summed E-state index contributed by atoms with van der Waals surface area (Å²) >= 11 is 1.38. The number of carbonyl (C=O) groups is 3. The molecule has 3 aromatic rings. The number of likely N-dealkylation sites (tertiary alicyclic amines) is 1. The molecular weight excluding hydrogens is 448 g/mol. The molecule has 174 valence electrons. The lowest BCUT2D eigenvalue weighted by Crippen LogP contribution is -2.40. The van der Waals surface area contributed by atoms with Crippen molar-refractivity contribution in [2.24, 2.45) is 5.92 Å². The molecule has 0 atom stereocenters. The van der Waals surface area contributed by atoms with Crippen LogP contribution in [0.25, 0.3) is 17.3 Å². The number of aromatic nitrogens is 1. The van der Waals surface area contributed by atoms with Crippen molar-refractivity contribution < 1.29 is 14.4 Å². The predicted octanol–water partition coefficient (Wildman–Crippen LogP) is 4.66. The van der Waals surface area contributed by atoms with Gasteiger partial charge in [-0.2, -0.15) is 0 Å². The van der Waals surface area contributed by atoms with Gasteiger partial charge in [0.2, 0.25) is 17.7 Å². The molecule has 0 radical (unpaired) electrons. The van der Waals surface area contributed by atoms with Crippen LogP contribution in [0.15, 0.2) is 66.1 Å². The molecule has 0 spiro atoms. The Kier molecular flexibility index (Phi) is 7.49. The summed E-state index contributed by atoms with van der Waals surface area (Å²) in [6, 6.07) is 17.1. The molecule has 0 bridgehead atoms. The van der Waals surface area contributed by atoms with Crippen LogP contribution in [-0.4, -0.2) is 40.7 Å². The van der Waals surface area contributed by atoms with Crippen molar-refractivity contribution in [2.75, 3.05) is 23.7 Å². The fourth-order valence-electron chi connectivity index (χ4n) is 3.80. The summed E-state index contributed by atoms with van der Waals surface area (Å²) in [5.41, 5.74) is 3.37. The van der Waals surface area contributed by atoms with Gasteiger partial charge < -0.3 is 15.5 Å². The first kappa shape index (κ1) is 23.4. The van der Waals surface area contributed by atoms with Crippen molar-refractivity contribution in [3.05, 3.63) is 71.6 Å². The van der Waals surface area contributed by atoms with Gasteiger partial charge in [-0.05, 0) is 36.6 Å². The normalized spacial score (nSPS) is 14.2. The lowest BCUT2D eigenvalue weighted by Gasteiger charge is -2.30. The van der Waals surface area contributed by atoms with Crippen LogP contribution in [0, 0.1) is 5.92 Å². The lowest BCUT2D eigenvalue weighted by molar-refractivity contribution is -0.130. The zero-order valence-corrected chi connectivity index (χ0v) is 19.7. The van der Waals surface area contributed by atoms with E-state index in [1.165, 1.54) is 18.3 Å². The number of anilines is 2. The Balaban J connectivity index is 1.27. The number of piperidine rings is 1. The topological polar surface area (TPSA) is 91.4 Å². The van der Waals surface area contributed by atoms with Gasteiger partial charge in [0.15, 0.2) is 5.13 Å². The minimum atomic E-state index is -0.147. The first-order valence-electron chi connectivity index (χ1n) is 11.1. The van der Waals surface area contributed by atoms with E-state index in [-0.39, 0.29) is 23.6 Å². The summed E-state index contributed by atoms with van der Waals surface area (Å²) in [7, 11) is 0. The highest BCUT2D eigenvalue weighted by atomic mass is 32.1. The van der Waals surface area contributed by atoms with Crippen LogP contribution in [-0.2, 0) is 14.4 Å². The van der Waals surface area contributed by atoms with E-state index in [4.69, 9.17) is 0 Å². The molecule has 1 aliphatic heterocycles. The smallest absolute Gasteiger partial charge is 0.246 e. The molecule has 2 N–H and O–H groups in total. The average Bonchev–Trinajstić information content (AvgIpc) is 3.32. The zero-order chi connectivity index (χ0) is 23.9. The maximum absolute atomic E-state index is 12.7. The molecule has 2 heterocycles. The summed E-state index contributed by atoms with van der Waals surface area (Å²) in [4.78, 5) is 42.7. The Morgan fingerprint density at radius 3 is 2.38 bits per heavy atom. The molecule has 0 unspecified atom stereocenters. The highest BCUT2D eigenvalue weighted by Crippen LogP contribution is 2.27. The van der Waals surface area contributed by atoms with E-state index in [0.717, 1.165) is 22.5 Å². The number of hydrogen-bond donors (Lipinski definition) is 2. The summed E-state index contributed by atoms with van der Waals surface area (Å²) in [6.45, 7) is 2.58. The summed E-state index contributed by atoms with van der Waals surface area (Å²) in [5, 5.41) is 8.10. The van der Waals surface area contributed by atoms with Crippen LogP contribution in [0.3, 0.4) is 0 Å². The number of amides is 3. The van der Waals surface area contributed by atoms with Gasteiger partial charge >= 0.3 is 0 Å². The van der Waals surface area contributed by atoms with Crippen molar-refractivity contribution in [1.82, 2.24) is 9.88 Å². The van der Waals surface area contributed by atoms with E-state index in [2.05, 4.69) is 15.6 Å². The summed E-state index contributed by atoms with van der Waals surface area (Å²) in [5.74, 6) is -0.359. The van der Waals surface area contributed by atoms with E-state index < -0.39 is 0 Å². The van der Waals surface area contributed by atoms with Crippen molar-refractivity contribution >= 4 is 46.0 Å². The maximum Gasteiger partial charge on any atom is 0.246 e. The van der Waals surface area contributed by atoms with Gasteiger partial charge in [-0.3, -0.25) is 14.4 Å². The largest absolute Gasteiger partial charge is 0.339 e. The molecule has 0 saturated carbocycles. The number of hydrogen-bond acceptors (Lipinski definition) is 5. The molecule has 1 fully saturated rings. The number of nitrogens with one attached hydrogen (secondary N) is 2. The van der Waals surface area contributed by atoms with Gasteiger partial charge in [-0.15, -0.1) is 11.3 Å². The SMILES string of the molecule is CC(=O)Nc1ccc(-c2csc(NC(=O)C3CCN(C(=O)C=Cc4ccccc4)CC3)n2)cc1. The van der Waals surface area contributed by atoms with Gasteiger partial charge in [0.1, 0.15) is 0 Å². The molecule has 34 heavy (non-hydrogen) atoms. The summed E-state index contributed by atoms with van der Waals surface area (Å²) < 4.78 is 0. The zero-order valence-electron chi connectivity index (χ0n) is 18.9. The van der Waals surface area contributed by atoms with E-state index in [9.17, 15) is 14.4 Å². The molecular formula is C26H26N4O3S. The minimum Gasteiger partial charge on any atom is -0.339 e. The number of rotatable bonds is 6. The molecule has 8 heteroatoms. The maximum atomic E-state index is 12.7. The number of nitrogens with zero attached hydrogens (tertiary/aromatic N) is 2. The number of benzene rings is 2. The second kappa shape index (κ2) is 10.9. The first-order valence-corrected chi connectivity index (χ1v) is 12.0. The van der Waals surface area contributed by atoms with Crippen molar-refractivity contribution in [3.63, 3.8) is 0 Å². The van der Waals surface area contributed by atoms with Gasteiger partial charge in [0.25, 0.3) is 0 Å². The molecule has 1 saturated heterocycles. The lowest BCUT2D eigenvalue weighted by atomic mass is 9.96. The third kappa shape index (κ3) is 6.17. The Morgan fingerprint density at radius 2 is 1.71 bits per heavy atom. The molecule has 1 aliphatic rings. The van der Waals surface area contributed by atoms with Crippen LogP contribution in [0.1, 0.15) is 25.3 Å². The fourth-order valence-corrected chi connectivity index (χ4v) is 4.52. The molecule has 1 aromatic heterocycles. The Hall–Kier alpha value is -3.78. The van der Waals surface area contributed by atoms with Gasteiger partial charge in [-0.25, -0.2) is 4.98 Å². The molecule has 4 rings (SSSR count). The van der Waals surface area contributed by atoms with Gasteiger partial charge in [0.05, 0.1) is 5.69 Å². The fraction of sp³-hybridized carbons (Fsp3) is 0.231. The molecule has 2 aromatic carbocycles. The Bertz CT molecular complexity index is 1180. The predicted molar refractivity (Wildman–Crippen MR) is 135 cm³/mol. The van der Waals surface area contributed by atoms with Crippen LogP contribution >= 0.6 is 11.3 Å². The average molecular weight is 475 g/mol. The van der Waals surface area contributed by atoms with Crippen LogP contribution in [0.4, 0.5) is 10.8 Å². The quantitative estimate of drug-likeness (QED) is 0.509. The van der Waals surface area contributed by atoms with E-state index in [1.54, 1.807) is 11.0 Å². The summed E-state index contributed by atoms with van der Waals surface area (Å²) in [6.07, 6.45) is 4.66. The number of carbonyl (C=O) groups excluding carboxylic acids is 3. The van der Waals surface area contributed by atoms with Crippen molar-refractivity contribution in [3.8, 4) is 11.3 Å². The van der Waals surface area contributed by atoms with Gasteiger partial charge in [0, 0.05) is 48.6 Å². The van der Waals surface area contributed by atoms with E-state index in [1.807, 2.05) is 66.1 Å². The Morgan fingerprint density at radius 1 is 1.00 bits per heavy atom. The minimum absolute atomic E-state index is 0.0307. The third-order valence-electron chi connectivity index (χ3n) is 5.63. The molecule has 3 amide bonds. The first-order chi connectivity index (χ1) is 16.5. The standard InChI is InChI=1S/C26H26N4O3S/c1-18(31)27-22-10-8-20(9-11-22)23-17-34-26(28-23)29-25(33)21-13-15-30(16-14-21)24(32)12-7-19-5-3-2-4-6-19/h2-12,17,21H,13-16H2,1H3,(H,27,31)(H,28,29,33). The van der Waals surface area contributed by atoms with Crippen LogP contribution in [0.2, 0.25) is 0 Å². The monoisotopic (exact) mass is 474 g/mol. The highest BCUT2D eigenvalue weighted by molar-refractivity contribution is 7.14. The van der Waals surface area contributed by atoms with Gasteiger partial charge in [-0.1, -0.05) is 42.5 Å². The highest BCUT2D eigenvalue weighted by Gasteiger charge is 2.27. The van der Waals surface area contributed by atoms with Crippen LogP contribution in [0.5, 0.6) is 0 Å². The second-order valence-corrected chi connectivity index (χ2v) is 8.99. The third-order valence-corrected chi connectivity index (χ3v) is 6.39. The van der Waals surface area contributed by atoms with E-state index >= 15 is 0 Å². The van der Waals surface area contributed by atoms with E-state index in [0.29, 0.717) is 31.1 Å². The number of thiazole rings is 1. The second-order valence-electron chi connectivity index (χ2n) is 8.13. The molecule has 0 aliphatic carbocycles. The van der Waals surface area contributed by atoms with Crippen molar-refractivity contribution in [1.29, 1.82) is 0 Å².